The molecule has 0 fully saturated rings. The second-order valence-corrected chi connectivity index (χ2v) is 8.68. The number of carbonyl (C=O) groups is 1. The Hall–Kier alpha value is -1.93. The van der Waals surface area contributed by atoms with Crippen molar-refractivity contribution in [2.24, 2.45) is 0 Å². The van der Waals surface area contributed by atoms with E-state index in [9.17, 15) is 13.2 Å². The number of thiazole rings is 1. The molecule has 1 aliphatic rings. The Morgan fingerprint density at radius 1 is 1.30 bits per heavy atom. The first-order valence-electron chi connectivity index (χ1n) is 7.15. The molecule has 0 radical (unpaired) electrons. The van der Waals surface area contributed by atoms with Crippen molar-refractivity contribution < 1.29 is 13.2 Å². The van der Waals surface area contributed by atoms with Crippen molar-refractivity contribution in [3.8, 4) is 0 Å². The first-order valence-corrected chi connectivity index (χ1v) is 9.41. The number of rotatable bonds is 3. The Labute approximate surface area is 139 Å². The molecule has 3 rings (SSSR count). The van der Waals surface area contributed by atoms with Crippen LogP contribution in [0.1, 0.15) is 23.6 Å². The van der Waals surface area contributed by atoms with Gasteiger partial charge in [-0.15, -0.1) is 0 Å². The van der Waals surface area contributed by atoms with E-state index in [1.54, 1.807) is 0 Å². The molecule has 23 heavy (non-hydrogen) atoms. The van der Waals surface area contributed by atoms with Crippen molar-refractivity contribution in [1.82, 2.24) is 4.98 Å². The van der Waals surface area contributed by atoms with Crippen molar-refractivity contribution in [3.63, 3.8) is 0 Å². The third-order valence-corrected chi connectivity index (χ3v) is 7.02. The predicted molar refractivity (Wildman–Crippen MR) is 90.6 cm³/mol. The molecule has 122 valence electrons. The molecule has 0 bridgehead atoms. The quantitative estimate of drug-likeness (QED) is 0.921. The minimum Gasteiger partial charge on any atom is -0.302 e. The number of benzene rings is 1. The highest BCUT2D eigenvalue weighted by Crippen LogP contribution is 2.36. The van der Waals surface area contributed by atoms with Gasteiger partial charge in [0.25, 0.3) is 10.0 Å². The highest BCUT2D eigenvalue weighted by Gasteiger charge is 2.32. The lowest BCUT2D eigenvalue weighted by Crippen LogP contribution is -2.28. The molecule has 2 aromatic rings. The van der Waals surface area contributed by atoms with E-state index in [1.165, 1.54) is 17.4 Å². The predicted octanol–water partition coefficient (Wildman–Crippen LogP) is 2.47. The van der Waals surface area contributed by atoms with Crippen LogP contribution in [0.15, 0.2) is 22.5 Å². The maximum Gasteiger partial charge on any atom is 0.275 e. The number of fused-ring (bicyclic) bond motifs is 1. The largest absolute Gasteiger partial charge is 0.302 e. The van der Waals surface area contributed by atoms with Crippen LogP contribution < -0.4 is 9.62 Å². The number of nitrogens with one attached hydrogen (secondary N) is 1. The van der Waals surface area contributed by atoms with Gasteiger partial charge in [0.1, 0.15) is 0 Å². The molecule has 2 heterocycles. The van der Waals surface area contributed by atoms with Gasteiger partial charge < -0.3 is 5.32 Å². The lowest BCUT2D eigenvalue weighted by molar-refractivity contribution is -0.114. The molecule has 0 aliphatic carbocycles. The summed E-state index contributed by atoms with van der Waals surface area (Å²) in [6, 6.07) is 3.97. The van der Waals surface area contributed by atoms with Gasteiger partial charge in [-0.1, -0.05) is 17.4 Å². The number of nitrogens with zero attached hydrogens (tertiary/aromatic N) is 2. The van der Waals surface area contributed by atoms with Gasteiger partial charge in [0, 0.05) is 13.5 Å². The Morgan fingerprint density at radius 2 is 2.00 bits per heavy atom. The summed E-state index contributed by atoms with van der Waals surface area (Å²) in [6.45, 7) is 5.78. The Morgan fingerprint density at radius 3 is 2.70 bits per heavy atom. The molecule has 1 amide bonds. The Balaban J connectivity index is 1.98. The Bertz CT molecular complexity index is 887. The number of aromatic nitrogens is 1. The standard InChI is InChI=1S/C15H17N3O3S2/c1-9-6-12-4-5-18(13(12)7-10(9)2)23(20,21)14-8-16-15(22-14)17-11(3)19/h6-8H,4-5H2,1-3H3,(H,16,17,19). The van der Waals surface area contributed by atoms with E-state index >= 15 is 0 Å². The summed E-state index contributed by atoms with van der Waals surface area (Å²) < 4.78 is 27.3. The van der Waals surface area contributed by atoms with Crippen molar-refractivity contribution >= 4 is 38.1 Å². The summed E-state index contributed by atoms with van der Waals surface area (Å²) in [7, 11) is -3.66. The highest BCUT2D eigenvalue weighted by molar-refractivity contribution is 7.94. The molecule has 0 atom stereocenters. The van der Waals surface area contributed by atoms with Crippen LogP contribution in [0.5, 0.6) is 0 Å². The van der Waals surface area contributed by atoms with Gasteiger partial charge >= 0.3 is 0 Å². The normalized spacial score (nSPS) is 14.0. The van der Waals surface area contributed by atoms with Gasteiger partial charge in [0.15, 0.2) is 9.34 Å². The van der Waals surface area contributed by atoms with Crippen molar-refractivity contribution in [2.75, 3.05) is 16.2 Å². The second-order valence-electron chi connectivity index (χ2n) is 5.56. The third kappa shape index (κ3) is 2.84. The molecule has 1 aromatic carbocycles. The first kappa shape index (κ1) is 15.9. The second kappa shape index (κ2) is 5.61. The average Bonchev–Trinajstić information content (AvgIpc) is 3.06. The summed E-state index contributed by atoms with van der Waals surface area (Å²) in [5, 5.41) is 2.80. The van der Waals surface area contributed by atoms with Gasteiger partial charge in [-0.25, -0.2) is 13.4 Å². The van der Waals surface area contributed by atoms with Crippen molar-refractivity contribution in [2.45, 2.75) is 31.4 Å². The van der Waals surface area contributed by atoms with Gasteiger partial charge in [0.05, 0.1) is 11.9 Å². The third-order valence-electron chi connectivity index (χ3n) is 3.86. The average molecular weight is 351 g/mol. The van der Waals surface area contributed by atoms with Gasteiger partial charge in [-0.3, -0.25) is 9.10 Å². The summed E-state index contributed by atoms with van der Waals surface area (Å²) in [6.07, 6.45) is 2.00. The smallest absolute Gasteiger partial charge is 0.275 e. The van der Waals surface area contributed by atoms with Crippen LogP contribution in [0.4, 0.5) is 10.8 Å². The molecular formula is C15H17N3O3S2. The van der Waals surface area contributed by atoms with Crippen LogP contribution in [0, 0.1) is 13.8 Å². The number of carbonyl (C=O) groups excluding carboxylic acids is 1. The number of anilines is 2. The topological polar surface area (TPSA) is 79.4 Å². The zero-order valence-electron chi connectivity index (χ0n) is 13.1. The molecule has 1 aromatic heterocycles. The van der Waals surface area contributed by atoms with E-state index in [1.807, 2.05) is 19.9 Å². The van der Waals surface area contributed by atoms with Crippen LogP contribution in [0.2, 0.25) is 0 Å². The fraction of sp³-hybridized carbons (Fsp3) is 0.333. The molecule has 1 aliphatic heterocycles. The molecule has 0 saturated heterocycles. The van der Waals surface area contributed by atoms with Crippen molar-refractivity contribution in [1.29, 1.82) is 0 Å². The van der Waals surface area contributed by atoms with E-state index < -0.39 is 10.0 Å². The van der Waals surface area contributed by atoms with E-state index in [0.29, 0.717) is 13.0 Å². The lowest BCUT2D eigenvalue weighted by Gasteiger charge is -2.19. The van der Waals surface area contributed by atoms with E-state index in [4.69, 9.17) is 0 Å². The fourth-order valence-corrected chi connectivity index (χ4v) is 5.27. The number of amides is 1. The van der Waals surface area contributed by atoms with E-state index in [-0.39, 0.29) is 15.2 Å². The summed E-state index contributed by atoms with van der Waals surface area (Å²) >= 11 is 0.964. The van der Waals surface area contributed by atoms with Crippen LogP contribution >= 0.6 is 11.3 Å². The monoisotopic (exact) mass is 351 g/mol. The SMILES string of the molecule is CC(=O)Nc1ncc(S(=O)(=O)N2CCc3cc(C)c(C)cc32)s1. The maximum absolute atomic E-state index is 12.9. The van der Waals surface area contributed by atoms with Gasteiger partial charge in [0.2, 0.25) is 5.91 Å². The summed E-state index contributed by atoms with van der Waals surface area (Å²) in [4.78, 5) is 15.0. The van der Waals surface area contributed by atoms with Crippen LogP contribution in [0.25, 0.3) is 0 Å². The number of aryl methyl sites for hydroxylation is 2. The van der Waals surface area contributed by atoms with E-state index in [0.717, 1.165) is 33.7 Å². The molecule has 8 heteroatoms. The molecule has 0 unspecified atom stereocenters. The van der Waals surface area contributed by atoms with E-state index in [2.05, 4.69) is 16.4 Å². The molecule has 0 spiro atoms. The fourth-order valence-electron chi connectivity index (χ4n) is 2.58. The minimum absolute atomic E-state index is 0.132. The van der Waals surface area contributed by atoms with Gasteiger partial charge in [-0.05, 0) is 43.0 Å². The zero-order valence-corrected chi connectivity index (χ0v) is 14.7. The zero-order chi connectivity index (χ0) is 16.8. The number of hydrogen-bond donors (Lipinski definition) is 1. The molecule has 1 N–H and O–H groups in total. The summed E-state index contributed by atoms with van der Waals surface area (Å²) in [5.41, 5.74) is 4.01. The van der Waals surface area contributed by atoms with Crippen molar-refractivity contribution in [3.05, 3.63) is 35.0 Å². The first-order chi connectivity index (χ1) is 10.8. The lowest BCUT2D eigenvalue weighted by atomic mass is 10.0. The van der Waals surface area contributed by atoms with Crippen LogP contribution in [0.3, 0.4) is 0 Å². The maximum atomic E-state index is 12.9. The molecule has 6 nitrogen and oxygen atoms in total. The minimum atomic E-state index is -3.66. The molecular weight excluding hydrogens is 334 g/mol. The summed E-state index contributed by atoms with van der Waals surface area (Å²) in [5.74, 6) is -0.277. The Kier molecular flexibility index (Phi) is 3.89. The van der Waals surface area contributed by atoms with Crippen LogP contribution in [-0.2, 0) is 21.2 Å². The highest BCUT2D eigenvalue weighted by atomic mass is 32.2. The number of hydrogen-bond acceptors (Lipinski definition) is 5. The number of sulfonamides is 1. The molecule has 0 saturated carbocycles. The van der Waals surface area contributed by atoms with Crippen LogP contribution in [-0.4, -0.2) is 25.9 Å². The van der Waals surface area contributed by atoms with Gasteiger partial charge in [-0.2, -0.15) is 0 Å².